The average Bonchev–Trinajstić information content (AvgIpc) is 2.81. The average molecular weight is 563 g/mol. The molecule has 3 N–H and O–H groups in total. The van der Waals surface area contributed by atoms with E-state index in [1.54, 1.807) is 0 Å². The monoisotopic (exact) mass is 562 g/mol. The molecule has 0 bridgehead atoms. The number of rotatable bonds is 27. The Morgan fingerprint density at radius 1 is 0.658 bits per heavy atom. The summed E-state index contributed by atoms with van der Waals surface area (Å²) in [6, 6.07) is 0. The minimum atomic E-state index is -0.908. The zero-order valence-corrected chi connectivity index (χ0v) is 23.1. The fourth-order valence-electron chi connectivity index (χ4n) is 4.09. The molecule has 0 saturated heterocycles. The zero-order valence-electron chi connectivity index (χ0n) is 23.1. The van der Waals surface area contributed by atoms with Gasteiger partial charge in [0.2, 0.25) is 5.91 Å². The Morgan fingerprint density at radius 2 is 1.16 bits per heavy atom. The van der Waals surface area contributed by atoms with E-state index in [4.69, 9.17) is 14.9 Å². The van der Waals surface area contributed by atoms with Crippen molar-refractivity contribution in [1.29, 1.82) is 0 Å². The van der Waals surface area contributed by atoms with Gasteiger partial charge >= 0.3 is 71.1 Å². The van der Waals surface area contributed by atoms with Crippen molar-refractivity contribution in [3.05, 3.63) is 0 Å². The Hall–Kier alpha value is 0.330. The quantitative estimate of drug-likeness (QED) is 0.102. The topological polar surface area (TPSA) is 116 Å². The second-order valence-electron chi connectivity index (χ2n) is 10.3. The Morgan fingerprint density at radius 3 is 1.66 bits per heavy atom. The molecule has 0 aliphatic rings. The molecule has 216 valence electrons. The van der Waals surface area contributed by atoms with Gasteiger partial charge in [0, 0.05) is 32.6 Å². The zero-order chi connectivity index (χ0) is 26.9. The maximum atomic E-state index is 12.1. The SMILES string of the molecule is CC(C)CCCCCCCCCCCCCCC(=O)NCCN(CCOCCC(=O)O)CCC(=O)O.[NaH].[NaH]. The fraction of sp³-hybridized carbons (Fsp3) is 0.893. The van der Waals surface area contributed by atoms with Crippen molar-refractivity contribution < 1.29 is 29.3 Å². The van der Waals surface area contributed by atoms with E-state index in [0.717, 1.165) is 18.8 Å². The van der Waals surface area contributed by atoms with E-state index >= 15 is 0 Å². The molecule has 0 radical (unpaired) electrons. The van der Waals surface area contributed by atoms with E-state index in [1.807, 2.05) is 4.90 Å². The van der Waals surface area contributed by atoms with Gasteiger partial charge in [-0.1, -0.05) is 90.9 Å². The Bertz CT molecular complexity index is 567. The number of carbonyl (C=O) groups excluding carboxylic acids is 1. The Kier molecular flexibility index (Phi) is 35.9. The molecular formula is C28H56N2Na2O6. The molecule has 0 aliphatic heterocycles. The van der Waals surface area contributed by atoms with Crippen molar-refractivity contribution >= 4 is 77.0 Å². The molecule has 0 atom stereocenters. The number of hydrogen-bond acceptors (Lipinski definition) is 5. The van der Waals surface area contributed by atoms with Gasteiger partial charge < -0.3 is 20.3 Å². The van der Waals surface area contributed by atoms with Crippen LogP contribution in [0.25, 0.3) is 0 Å². The normalized spacial score (nSPS) is 10.7. The fourth-order valence-corrected chi connectivity index (χ4v) is 4.09. The molecule has 0 heterocycles. The third-order valence-electron chi connectivity index (χ3n) is 6.34. The van der Waals surface area contributed by atoms with Gasteiger partial charge in [0.05, 0.1) is 26.1 Å². The molecule has 0 aromatic carbocycles. The van der Waals surface area contributed by atoms with E-state index in [0.29, 0.717) is 39.2 Å². The second-order valence-corrected chi connectivity index (χ2v) is 10.3. The van der Waals surface area contributed by atoms with Crippen molar-refractivity contribution in [3.63, 3.8) is 0 Å². The first-order valence-corrected chi connectivity index (χ1v) is 14.3. The predicted octanol–water partition coefficient (Wildman–Crippen LogP) is 4.19. The minimum absolute atomic E-state index is 0. The maximum absolute atomic E-state index is 12.1. The van der Waals surface area contributed by atoms with Crippen molar-refractivity contribution in [2.24, 2.45) is 5.92 Å². The number of nitrogens with zero attached hydrogens (tertiary/aromatic N) is 1. The number of ether oxygens (including phenoxy) is 1. The van der Waals surface area contributed by atoms with Crippen LogP contribution in [0.2, 0.25) is 0 Å². The Labute approximate surface area is 276 Å². The van der Waals surface area contributed by atoms with Crippen LogP contribution in [0.3, 0.4) is 0 Å². The van der Waals surface area contributed by atoms with E-state index < -0.39 is 11.9 Å². The first-order chi connectivity index (χ1) is 17.3. The van der Waals surface area contributed by atoms with Crippen LogP contribution in [0, 0.1) is 5.92 Å². The molecular weight excluding hydrogens is 506 g/mol. The van der Waals surface area contributed by atoms with Gasteiger partial charge in [-0.3, -0.25) is 19.3 Å². The molecule has 0 unspecified atom stereocenters. The summed E-state index contributed by atoms with van der Waals surface area (Å²) < 4.78 is 5.29. The number of carbonyl (C=O) groups is 3. The number of unbranched alkanes of at least 4 members (excludes halogenated alkanes) is 11. The van der Waals surface area contributed by atoms with Gasteiger partial charge in [-0.05, 0) is 12.3 Å². The van der Waals surface area contributed by atoms with Gasteiger partial charge in [-0.15, -0.1) is 0 Å². The first-order valence-electron chi connectivity index (χ1n) is 14.3. The third kappa shape index (κ3) is 34.4. The number of amides is 1. The van der Waals surface area contributed by atoms with Gasteiger partial charge in [0.25, 0.3) is 0 Å². The summed E-state index contributed by atoms with van der Waals surface area (Å²) in [5.74, 6) is -0.903. The van der Waals surface area contributed by atoms with Gasteiger partial charge in [0.15, 0.2) is 0 Å². The van der Waals surface area contributed by atoms with Crippen LogP contribution in [0.4, 0.5) is 0 Å². The van der Waals surface area contributed by atoms with Crippen molar-refractivity contribution in [1.82, 2.24) is 10.2 Å². The molecule has 1 amide bonds. The molecule has 38 heavy (non-hydrogen) atoms. The second kappa shape index (κ2) is 31.9. The van der Waals surface area contributed by atoms with Crippen LogP contribution in [0.5, 0.6) is 0 Å². The number of aliphatic carboxylic acids is 2. The van der Waals surface area contributed by atoms with Crippen molar-refractivity contribution in [2.75, 3.05) is 39.4 Å². The van der Waals surface area contributed by atoms with Crippen LogP contribution in [-0.4, -0.2) is 131 Å². The van der Waals surface area contributed by atoms with Gasteiger partial charge in [-0.25, -0.2) is 0 Å². The molecule has 0 aliphatic carbocycles. The molecule has 0 aromatic heterocycles. The van der Waals surface area contributed by atoms with Crippen molar-refractivity contribution in [3.8, 4) is 0 Å². The molecule has 0 saturated carbocycles. The number of carboxylic acids is 2. The molecule has 10 heteroatoms. The standard InChI is InChI=1S/C28H54N2O6.2Na.2H/c1-25(2)15-13-11-9-7-5-3-4-6-8-10-12-14-16-26(31)29-19-21-30(20-17-27(32)33)22-24-36-23-18-28(34)35;;;;/h25H,3-24H2,1-2H3,(H,29,31)(H,32,33)(H,34,35);;;;. The van der Waals surface area contributed by atoms with E-state index in [-0.39, 0.29) is 84.5 Å². The summed E-state index contributed by atoms with van der Waals surface area (Å²) >= 11 is 0. The van der Waals surface area contributed by atoms with Crippen LogP contribution in [-0.2, 0) is 19.1 Å². The third-order valence-corrected chi connectivity index (χ3v) is 6.34. The summed E-state index contributed by atoms with van der Waals surface area (Å²) in [6.07, 6.45) is 17.2. The number of hydrogen-bond donors (Lipinski definition) is 3. The molecule has 0 spiro atoms. The van der Waals surface area contributed by atoms with Crippen LogP contribution in [0.15, 0.2) is 0 Å². The van der Waals surface area contributed by atoms with Crippen LogP contribution >= 0.6 is 0 Å². The summed E-state index contributed by atoms with van der Waals surface area (Å²) in [7, 11) is 0. The number of carboxylic acid groups (broad SMARTS) is 2. The number of nitrogens with one attached hydrogen (secondary N) is 1. The van der Waals surface area contributed by atoms with E-state index in [1.165, 1.54) is 70.6 Å². The summed E-state index contributed by atoms with van der Waals surface area (Å²) in [6.45, 7) is 6.94. The molecule has 0 rings (SSSR count). The predicted molar refractivity (Wildman–Crippen MR) is 159 cm³/mol. The molecule has 0 aromatic rings. The van der Waals surface area contributed by atoms with E-state index in [2.05, 4.69) is 19.2 Å². The van der Waals surface area contributed by atoms with Crippen molar-refractivity contribution in [2.45, 2.75) is 117 Å². The van der Waals surface area contributed by atoms with Gasteiger partial charge in [0.1, 0.15) is 0 Å². The molecule has 8 nitrogen and oxygen atoms in total. The molecule has 0 fully saturated rings. The Balaban J connectivity index is -0.00000612. The van der Waals surface area contributed by atoms with E-state index in [9.17, 15) is 14.4 Å². The summed E-state index contributed by atoms with van der Waals surface area (Å²) in [5, 5.41) is 20.5. The van der Waals surface area contributed by atoms with Gasteiger partial charge in [-0.2, -0.15) is 0 Å². The summed E-state index contributed by atoms with van der Waals surface area (Å²) in [5.41, 5.74) is 0. The van der Waals surface area contributed by atoms with Crippen LogP contribution in [0.1, 0.15) is 117 Å². The summed E-state index contributed by atoms with van der Waals surface area (Å²) in [4.78, 5) is 35.4. The first kappa shape index (κ1) is 42.8. The van der Waals surface area contributed by atoms with Crippen LogP contribution < -0.4 is 5.32 Å².